The maximum atomic E-state index is 12.7. The molecule has 0 bridgehead atoms. The number of amides is 2. The van der Waals surface area contributed by atoms with Crippen LogP contribution in [0.1, 0.15) is 54.9 Å². The van der Waals surface area contributed by atoms with Crippen molar-refractivity contribution in [1.29, 1.82) is 0 Å². The second kappa shape index (κ2) is 9.64. The predicted octanol–water partition coefficient (Wildman–Crippen LogP) is 2.96. The molecule has 1 aliphatic rings. The van der Waals surface area contributed by atoms with Crippen LogP contribution >= 0.6 is 11.3 Å². The molecule has 0 aromatic carbocycles. The summed E-state index contributed by atoms with van der Waals surface area (Å²) in [5.74, 6) is -0.150. The molecule has 28 heavy (non-hydrogen) atoms. The van der Waals surface area contributed by atoms with Crippen molar-refractivity contribution in [3.63, 3.8) is 0 Å². The van der Waals surface area contributed by atoms with Crippen molar-refractivity contribution in [1.82, 2.24) is 25.2 Å². The Balaban J connectivity index is 1.57. The smallest absolute Gasteiger partial charge is 0.273 e. The summed E-state index contributed by atoms with van der Waals surface area (Å²) in [7, 11) is 0. The van der Waals surface area contributed by atoms with Gasteiger partial charge in [-0.2, -0.15) is 0 Å². The molecule has 2 aromatic heterocycles. The summed E-state index contributed by atoms with van der Waals surface area (Å²) in [5, 5.41) is 12.8. The number of thiophene rings is 1. The van der Waals surface area contributed by atoms with Gasteiger partial charge < -0.3 is 10.2 Å². The fourth-order valence-corrected chi connectivity index (χ4v) is 3.97. The van der Waals surface area contributed by atoms with Crippen molar-refractivity contribution in [3.8, 4) is 0 Å². The number of aromatic nitrogens is 3. The van der Waals surface area contributed by atoms with Crippen LogP contribution in [0.5, 0.6) is 0 Å². The van der Waals surface area contributed by atoms with E-state index in [0.717, 1.165) is 37.1 Å². The van der Waals surface area contributed by atoms with E-state index in [0.29, 0.717) is 12.2 Å². The fourth-order valence-electron chi connectivity index (χ4n) is 3.36. The summed E-state index contributed by atoms with van der Waals surface area (Å²) in [5.41, 5.74) is 0.323. The number of likely N-dealkylation sites (tertiary alicyclic amines) is 1. The molecule has 7 nitrogen and oxygen atoms in total. The highest BCUT2D eigenvalue weighted by Crippen LogP contribution is 2.21. The minimum atomic E-state index is -0.213. The van der Waals surface area contributed by atoms with Crippen LogP contribution in [0, 0.1) is 0 Å². The van der Waals surface area contributed by atoms with Gasteiger partial charge in [0.1, 0.15) is 0 Å². The summed E-state index contributed by atoms with van der Waals surface area (Å²) in [6.45, 7) is 5.23. The summed E-state index contributed by atoms with van der Waals surface area (Å²) < 4.78 is 1.69. The largest absolute Gasteiger partial charge is 0.348 e. The second-order valence-electron chi connectivity index (χ2n) is 7.31. The Kier molecular flexibility index (Phi) is 6.97. The highest BCUT2D eigenvalue weighted by atomic mass is 32.1. The van der Waals surface area contributed by atoms with Gasteiger partial charge in [-0.15, -0.1) is 16.4 Å². The molecule has 1 saturated heterocycles. The third kappa shape index (κ3) is 5.51. The van der Waals surface area contributed by atoms with Crippen molar-refractivity contribution >= 4 is 29.2 Å². The number of hydrogen-bond donors (Lipinski definition) is 1. The van der Waals surface area contributed by atoms with E-state index >= 15 is 0 Å². The summed E-state index contributed by atoms with van der Waals surface area (Å²) in [6, 6.07) is 4.22. The Hall–Kier alpha value is -2.48. The SMILES string of the molecule is CC(C)NC(=O)c1cn(CCC2CCCCN2C(=O)C=Cc2cccs2)nn1. The standard InChI is InChI=1S/C20H27N5O2S/c1-15(2)21-20(27)18-14-24(23-22-18)12-10-16-6-3-4-11-25(16)19(26)9-8-17-7-5-13-28-17/h5,7-9,13-16H,3-4,6,10-12H2,1-2H3,(H,21,27). The summed E-state index contributed by atoms with van der Waals surface area (Å²) in [6.07, 6.45) is 9.19. The predicted molar refractivity (Wildman–Crippen MR) is 110 cm³/mol. The van der Waals surface area contributed by atoms with Crippen LogP contribution in [0.4, 0.5) is 0 Å². The molecule has 2 aromatic rings. The van der Waals surface area contributed by atoms with Crippen molar-refractivity contribution < 1.29 is 9.59 Å². The number of rotatable bonds is 7. The summed E-state index contributed by atoms with van der Waals surface area (Å²) >= 11 is 1.62. The maximum Gasteiger partial charge on any atom is 0.273 e. The van der Waals surface area contributed by atoms with Crippen LogP contribution in [-0.4, -0.2) is 50.3 Å². The van der Waals surface area contributed by atoms with Crippen molar-refractivity contribution in [2.24, 2.45) is 0 Å². The van der Waals surface area contributed by atoms with Gasteiger partial charge in [0.25, 0.3) is 5.91 Å². The van der Waals surface area contributed by atoms with Gasteiger partial charge in [0.2, 0.25) is 5.91 Å². The molecule has 0 radical (unpaired) electrons. The van der Waals surface area contributed by atoms with E-state index in [4.69, 9.17) is 0 Å². The Morgan fingerprint density at radius 1 is 1.39 bits per heavy atom. The number of nitrogens with zero attached hydrogens (tertiary/aromatic N) is 4. The van der Waals surface area contributed by atoms with Crippen LogP contribution in [-0.2, 0) is 11.3 Å². The number of carbonyl (C=O) groups excluding carboxylic acids is 2. The van der Waals surface area contributed by atoms with Crippen LogP contribution in [0.3, 0.4) is 0 Å². The molecule has 1 atom stereocenters. The Morgan fingerprint density at radius 2 is 2.25 bits per heavy atom. The number of nitrogens with one attached hydrogen (secondary N) is 1. The van der Waals surface area contributed by atoms with E-state index in [9.17, 15) is 9.59 Å². The zero-order chi connectivity index (χ0) is 19.9. The molecule has 0 saturated carbocycles. The lowest BCUT2D eigenvalue weighted by Gasteiger charge is -2.35. The van der Waals surface area contributed by atoms with Gasteiger partial charge in [-0.1, -0.05) is 11.3 Å². The molecule has 1 N–H and O–H groups in total. The highest BCUT2D eigenvalue weighted by molar-refractivity contribution is 7.10. The van der Waals surface area contributed by atoms with Crippen LogP contribution in [0.15, 0.2) is 29.8 Å². The van der Waals surface area contributed by atoms with Crippen LogP contribution in [0.2, 0.25) is 0 Å². The van der Waals surface area contributed by atoms with E-state index in [1.165, 1.54) is 0 Å². The first-order valence-corrected chi connectivity index (χ1v) is 10.6. The number of hydrogen-bond acceptors (Lipinski definition) is 5. The third-order valence-corrected chi connectivity index (χ3v) is 5.56. The van der Waals surface area contributed by atoms with Gasteiger partial charge in [-0.05, 0) is 57.1 Å². The van der Waals surface area contributed by atoms with Crippen LogP contribution in [0.25, 0.3) is 6.08 Å². The third-order valence-electron chi connectivity index (χ3n) is 4.73. The van der Waals surface area contributed by atoms with Crippen molar-refractivity contribution in [2.75, 3.05) is 6.54 Å². The number of carbonyl (C=O) groups is 2. The topological polar surface area (TPSA) is 80.1 Å². The van der Waals surface area contributed by atoms with Crippen LogP contribution < -0.4 is 5.32 Å². The minimum Gasteiger partial charge on any atom is -0.348 e. The molecular formula is C20H27N5O2S. The molecule has 3 rings (SSSR count). The normalized spacial score (nSPS) is 17.4. The first kappa shape index (κ1) is 20.3. The van der Waals surface area contributed by atoms with Gasteiger partial charge in [0.15, 0.2) is 5.69 Å². The molecule has 0 aliphatic carbocycles. The quantitative estimate of drug-likeness (QED) is 0.724. The molecule has 1 unspecified atom stereocenters. The maximum absolute atomic E-state index is 12.7. The van der Waals surface area contributed by atoms with E-state index < -0.39 is 0 Å². The van der Waals surface area contributed by atoms with Gasteiger partial charge >= 0.3 is 0 Å². The Morgan fingerprint density at radius 3 is 3.00 bits per heavy atom. The zero-order valence-corrected chi connectivity index (χ0v) is 17.2. The van der Waals surface area contributed by atoms with Crippen molar-refractivity contribution in [3.05, 3.63) is 40.4 Å². The second-order valence-corrected chi connectivity index (χ2v) is 8.29. The van der Waals surface area contributed by atoms with Gasteiger partial charge in [0, 0.05) is 36.1 Å². The average Bonchev–Trinajstić information content (AvgIpc) is 3.36. The molecule has 8 heteroatoms. The molecule has 1 fully saturated rings. The molecule has 3 heterocycles. The fraction of sp³-hybridized carbons (Fsp3) is 0.500. The van der Waals surface area contributed by atoms with E-state index in [1.54, 1.807) is 28.3 Å². The van der Waals surface area contributed by atoms with Gasteiger partial charge in [0.05, 0.1) is 6.20 Å². The number of piperidine rings is 1. The molecule has 150 valence electrons. The lowest BCUT2D eigenvalue weighted by Crippen LogP contribution is -2.43. The first-order valence-electron chi connectivity index (χ1n) is 9.76. The zero-order valence-electron chi connectivity index (χ0n) is 16.4. The monoisotopic (exact) mass is 401 g/mol. The molecule has 1 aliphatic heterocycles. The lowest BCUT2D eigenvalue weighted by molar-refractivity contribution is -0.129. The minimum absolute atomic E-state index is 0.0571. The van der Waals surface area contributed by atoms with Crippen molar-refractivity contribution in [2.45, 2.75) is 58.2 Å². The lowest BCUT2D eigenvalue weighted by atomic mass is 9.99. The molecule has 2 amide bonds. The van der Waals surface area contributed by atoms with Gasteiger partial charge in [-0.25, -0.2) is 0 Å². The van der Waals surface area contributed by atoms with E-state index in [2.05, 4.69) is 15.6 Å². The highest BCUT2D eigenvalue weighted by Gasteiger charge is 2.25. The van der Waals surface area contributed by atoms with E-state index in [-0.39, 0.29) is 23.9 Å². The average molecular weight is 402 g/mol. The van der Waals surface area contributed by atoms with Gasteiger partial charge in [-0.3, -0.25) is 14.3 Å². The first-order chi connectivity index (χ1) is 13.5. The summed E-state index contributed by atoms with van der Waals surface area (Å²) in [4.78, 5) is 27.7. The molecular weight excluding hydrogens is 374 g/mol. The van der Waals surface area contributed by atoms with E-state index in [1.807, 2.05) is 42.3 Å². The Labute approximate surface area is 169 Å². The number of aryl methyl sites for hydroxylation is 1. The molecule has 0 spiro atoms. The Bertz CT molecular complexity index is 812.